The third kappa shape index (κ3) is 3.63. The quantitative estimate of drug-likeness (QED) is 0.589. The van der Waals surface area contributed by atoms with Gasteiger partial charge in [0.2, 0.25) is 0 Å². The van der Waals surface area contributed by atoms with Gasteiger partial charge in [0.05, 0.1) is 0 Å². The summed E-state index contributed by atoms with van der Waals surface area (Å²) in [5.74, 6) is -1.61. The Morgan fingerprint density at radius 3 is 2.42 bits per heavy atom. The maximum absolute atomic E-state index is 13.2. The molecule has 0 aliphatic rings. The zero-order chi connectivity index (χ0) is 14.0. The normalized spacial score (nSPS) is 12.5. The van der Waals surface area contributed by atoms with Gasteiger partial charge >= 0.3 is 0 Å². The molecule has 0 aromatic heterocycles. The number of alkyl halides is 1. The summed E-state index contributed by atoms with van der Waals surface area (Å²) in [6.07, 6.45) is 0.609. The van der Waals surface area contributed by atoms with Gasteiger partial charge in [0, 0.05) is 9.30 Å². The van der Waals surface area contributed by atoms with Crippen LogP contribution >= 0.6 is 31.9 Å². The molecule has 0 heterocycles. The number of aryl methyl sites for hydroxylation is 1. The molecule has 1 atom stereocenters. The second-order valence-corrected chi connectivity index (χ2v) is 6.39. The molecule has 0 saturated carbocycles. The van der Waals surface area contributed by atoms with E-state index in [9.17, 15) is 8.78 Å². The fourth-order valence-electron chi connectivity index (χ4n) is 1.85. The van der Waals surface area contributed by atoms with Crippen molar-refractivity contribution in [2.75, 3.05) is 0 Å². The molecular weight excluding hydrogens is 378 g/mol. The first-order chi connectivity index (χ1) is 8.97. The Bertz CT molecular complexity index is 597. The molecule has 0 fully saturated rings. The summed E-state index contributed by atoms with van der Waals surface area (Å²) < 4.78 is 27.1. The number of rotatable bonds is 3. The van der Waals surface area contributed by atoms with Crippen molar-refractivity contribution in [1.82, 2.24) is 0 Å². The second-order valence-electron chi connectivity index (χ2n) is 4.43. The number of hydrogen-bond donors (Lipinski definition) is 0. The first kappa shape index (κ1) is 14.7. The SMILES string of the molecule is Cc1cc(C(Br)Cc2ccc(F)c(F)c2)ccc1Br. The van der Waals surface area contributed by atoms with Gasteiger partial charge in [-0.05, 0) is 48.2 Å². The van der Waals surface area contributed by atoms with Crippen molar-refractivity contribution in [2.45, 2.75) is 18.2 Å². The van der Waals surface area contributed by atoms with Gasteiger partial charge in [0.25, 0.3) is 0 Å². The van der Waals surface area contributed by atoms with E-state index in [0.717, 1.165) is 27.2 Å². The molecule has 1 unspecified atom stereocenters. The minimum absolute atomic E-state index is 0.0733. The number of hydrogen-bond acceptors (Lipinski definition) is 0. The summed E-state index contributed by atoms with van der Waals surface area (Å²) in [6, 6.07) is 10.1. The third-order valence-corrected chi connectivity index (χ3v) is 4.68. The van der Waals surface area contributed by atoms with Gasteiger partial charge < -0.3 is 0 Å². The van der Waals surface area contributed by atoms with E-state index in [1.165, 1.54) is 6.07 Å². The van der Waals surface area contributed by atoms with Gasteiger partial charge in [0.15, 0.2) is 11.6 Å². The Morgan fingerprint density at radius 1 is 1.05 bits per heavy atom. The molecule has 100 valence electrons. The zero-order valence-corrected chi connectivity index (χ0v) is 13.4. The summed E-state index contributed by atoms with van der Waals surface area (Å²) in [6.45, 7) is 2.02. The summed E-state index contributed by atoms with van der Waals surface area (Å²) in [4.78, 5) is 0.0733. The van der Waals surface area contributed by atoms with E-state index in [0.29, 0.717) is 6.42 Å². The molecule has 0 bridgehead atoms. The maximum atomic E-state index is 13.2. The number of benzene rings is 2. The van der Waals surface area contributed by atoms with Crippen molar-refractivity contribution < 1.29 is 8.78 Å². The first-order valence-electron chi connectivity index (χ1n) is 5.81. The average molecular weight is 390 g/mol. The van der Waals surface area contributed by atoms with E-state index in [4.69, 9.17) is 0 Å². The molecule has 0 spiro atoms. The van der Waals surface area contributed by atoms with Gasteiger partial charge in [-0.2, -0.15) is 0 Å². The maximum Gasteiger partial charge on any atom is 0.159 e. The van der Waals surface area contributed by atoms with Gasteiger partial charge in [-0.25, -0.2) is 8.78 Å². The predicted octanol–water partition coefficient (Wildman–Crippen LogP) is 5.71. The van der Waals surface area contributed by atoms with Crippen molar-refractivity contribution >= 4 is 31.9 Å². The van der Waals surface area contributed by atoms with Crippen LogP contribution in [-0.2, 0) is 6.42 Å². The van der Waals surface area contributed by atoms with Gasteiger partial charge in [-0.3, -0.25) is 0 Å². The molecule has 2 aromatic carbocycles. The van der Waals surface area contributed by atoms with Gasteiger partial charge in [-0.1, -0.05) is 50.1 Å². The van der Waals surface area contributed by atoms with Crippen molar-refractivity contribution in [1.29, 1.82) is 0 Å². The zero-order valence-electron chi connectivity index (χ0n) is 10.3. The van der Waals surface area contributed by atoms with Crippen molar-refractivity contribution in [3.8, 4) is 0 Å². The smallest absolute Gasteiger partial charge is 0.159 e. The summed E-state index contributed by atoms with van der Waals surface area (Å²) >= 11 is 7.05. The minimum atomic E-state index is -0.811. The predicted molar refractivity (Wildman–Crippen MR) is 80.6 cm³/mol. The van der Waals surface area contributed by atoms with E-state index >= 15 is 0 Å². The highest BCUT2D eigenvalue weighted by Gasteiger charge is 2.11. The molecule has 19 heavy (non-hydrogen) atoms. The van der Waals surface area contributed by atoms with Crippen molar-refractivity contribution in [2.24, 2.45) is 0 Å². The monoisotopic (exact) mass is 388 g/mol. The Kier molecular flexibility index (Phi) is 4.74. The lowest BCUT2D eigenvalue weighted by atomic mass is 10.0. The van der Waals surface area contributed by atoms with Crippen LogP contribution in [0.1, 0.15) is 21.5 Å². The number of halogens is 4. The summed E-state index contributed by atoms with van der Waals surface area (Å²) in [5.41, 5.74) is 3.03. The molecule has 2 rings (SSSR count). The van der Waals surface area contributed by atoms with Crippen LogP contribution in [0.3, 0.4) is 0 Å². The molecule has 0 radical (unpaired) electrons. The fourth-order valence-corrected chi connectivity index (χ4v) is 2.76. The van der Waals surface area contributed by atoms with Crippen LogP contribution in [0.15, 0.2) is 40.9 Å². The van der Waals surface area contributed by atoms with Gasteiger partial charge in [-0.15, -0.1) is 0 Å². The van der Waals surface area contributed by atoms with Crippen LogP contribution in [0.5, 0.6) is 0 Å². The standard InChI is InChI=1S/C15H12Br2F2/c1-9-6-11(3-4-12(9)16)13(17)7-10-2-5-14(18)15(19)8-10/h2-6,8,13H,7H2,1H3. The molecule has 2 aromatic rings. The van der Waals surface area contributed by atoms with Crippen LogP contribution < -0.4 is 0 Å². The lowest BCUT2D eigenvalue weighted by Gasteiger charge is -2.12. The third-order valence-electron chi connectivity index (χ3n) is 2.94. The van der Waals surface area contributed by atoms with Crippen molar-refractivity contribution in [3.05, 3.63) is 69.2 Å². The lowest BCUT2D eigenvalue weighted by molar-refractivity contribution is 0.507. The Balaban J connectivity index is 2.17. The minimum Gasteiger partial charge on any atom is -0.204 e. The Labute approximate surface area is 128 Å². The summed E-state index contributed by atoms with van der Waals surface area (Å²) in [5, 5.41) is 0. The van der Waals surface area contributed by atoms with E-state index in [1.54, 1.807) is 6.07 Å². The van der Waals surface area contributed by atoms with Crippen LogP contribution in [0.4, 0.5) is 8.78 Å². The largest absolute Gasteiger partial charge is 0.204 e. The molecule has 0 aliphatic heterocycles. The van der Waals surface area contributed by atoms with Crippen LogP contribution in [0.2, 0.25) is 0 Å². The fraction of sp³-hybridized carbons (Fsp3) is 0.200. The molecule has 0 amide bonds. The van der Waals surface area contributed by atoms with Crippen LogP contribution in [-0.4, -0.2) is 0 Å². The van der Waals surface area contributed by atoms with Crippen molar-refractivity contribution in [3.63, 3.8) is 0 Å². The Hall–Kier alpha value is -0.740. The Morgan fingerprint density at radius 2 is 1.79 bits per heavy atom. The van der Waals surface area contributed by atoms with Gasteiger partial charge in [0.1, 0.15) is 0 Å². The van der Waals surface area contributed by atoms with E-state index < -0.39 is 11.6 Å². The molecule has 0 saturated heterocycles. The van der Waals surface area contributed by atoms with Crippen LogP contribution in [0.25, 0.3) is 0 Å². The summed E-state index contributed by atoms with van der Waals surface area (Å²) in [7, 11) is 0. The molecule has 0 aliphatic carbocycles. The van der Waals surface area contributed by atoms with E-state index in [1.807, 2.05) is 19.1 Å². The van der Waals surface area contributed by atoms with Crippen LogP contribution in [0, 0.1) is 18.6 Å². The highest BCUT2D eigenvalue weighted by molar-refractivity contribution is 9.10. The van der Waals surface area contributed by atoms with E-state index in [2.05, 4.69) is 37.9 Å². The lowest BCUT2D eigenvalue weighted by Crippen LogP contribution is -1.97. The van der Waals surface area contributed by atoms with E-state index in [-0.39, 0.29) is 4.83 Å². The second kappa shape index (κ2) is 6.14. The highest BCUT2D eigenvalue weighted by Crippen LogP contribution is 2.30. The molecule has 0 N–H and O–H groups in total. The highest BCUT2D eigenvalue weighted by atomic mass is 79.9. The topological polar surface area (TPSA) is 0 Å². The molecule has 4 heteroatoms. The first-order valence-corrected chi connectivity index (χ1v) is 7.52. The molecular formula is C15H12Br2F2. The molecule has 0 nitrogen and oxygen atoms in total. The average Bonchev–Trinajstić information content (AvgIpc) is 2.37.